The van der Waals surface area contributed by atoms with Gasteiger partial charge < -0.3 is 9.47 Å². The van der Waals surface area contributed by atoms with Gasteiger partial charge in [-0.2, -0.15) is 0 Å². The van der Waals surface area contributed by atoms with Gasteiger partial charge in [0, 0.05) is 18.0 Å². The zero-order chi connectivity index (χ0) is 27.7. The van der Waals surface area contributed by atoms with Crippen LogP contribution in [0.15, 0.2) is 36.7 Å². The molecule has 0 aliphatic heterocycles. The molecule has 39 heavy (non-hydrogen) atoms. The van der Waals surface area contributed by atoms with Gasteiger partial charge >= 0.3 is 5.97 Å². The Hall–Kier alpha value is -2.50. The van der Waals surface area contributed by atoms with E-state index >= 15 is 0 Å². The summed E-state index contributed by atoms with van der Waals surface area (Å²) < 4.78 is 25.5. The fraction of sp³-hybridized carbons (Fsp3) is 0.667. The van der Waals surface area contributed by atoms with Crippen molar-refractivity contribution in [1.82, 2.24) is 9.97 Å². The second kappa shape index (κ2) is 18.0. The lowest BCUT2D eigenvalue weighted by molar-refractivity contribution is -0.157. The van der Waals surface area contributed by atoms with Crippen molar-refractivity contribution in [3.8, 4) is 17.1 Å². The normalized spacial score (nSPS) is 18.0. The summed E-state index contributed by atoms with van der Waals surface area (Å²) in [5.41, 5.74) is 2.18. The fourth-order valence-corrected chi connectivity index (χ4v) is 5.18. The lowest BCUT2D eigenvalue weighted by Gasteiger charge is -2.28. The van der Waals surface area contributed by atoms with Gasteiger partial charge in [0.05, 0.1) is 6.61 Å². The van der Waals surface area contributed by atoms with Gasteiger partial charge in [0.2, 0.25) is 0 Å². The summed E-state index contributed by atoms with van der Waals surface area (Å²) in [5, 5.41) is 0. The molecule has 1 aromatic carbocycles. The number of benzene rings is 1. The molecule has 1 heterocycles. The van der Waals surface area contributed by atoms with Crippen molar-refractivity contribution in [2.75, 3.05) is 6.61 Å². The number of halogens is 1. The molecule has 0 spiro atoms. The Morgan fingerprint density at radius 1 is 0.872 bits per heavy atom. The van der Waals surface area contributed by atoms with Crippen molar-refractivity contribution < 1.29 is 18.7 Å². The molecule has 0 N–H and O–H groups in total. The third-order valence-corrected chi connectivity index (χ3v) is 7.77. The van der Waals surface area contributed by atoms with Crippen LogP contribution in [0.2, 0.25) is 0 Å². The molecule has 1 atom stereocenters. The zero-order valence-electron chi connectivity index (χ0n) is 24.2. The first-order chi connectivity index (χ1) is 19.1. The summed E-state index contributed by atoms with van der Waals surface area (Å²) in [4.78, 5) is 21.2. The van der Waals surface area contributed by atoms with E-state index in [-0.39, 0.29) is 12.5 Å². The lowest BCUT2D eigenvalue weighted by atomic mass is 9.88. The Labute approximate surface area is 235 Å². The second-order valence-electron chi connectivity index (χ2n) is 11.2. The number of unbranched alkanes of at least 4 members (excludes halogenated alkanes) is 8. The molecule has 0 unspecified atom stereocenters. The minimum atomic E-state index is -1.49. The Bertz CT molecular complexity index is 927. The summed E-state index contributed by atoms with van der Waals surface area (Å²) in [5.74, 6) is 1.30. The zero-order valence-corrected chi connectivity index (χ0v) is 24.2. The smallest absolute Gasteiger partial charge is 0.340 e. The summed E-state index contributed by atoms with van der Waals surface area (Å²) in [6.45, 7) is 4.95. The fourth-order valence-electron chi connectivity index (χ4n) is 5.18. The van der Waals surface area contributed by atoms with Gasteiger partial charge in [-0.25, -0.2) is 19.2 Å². The molecule has 3 rings (SSSR count). The van der Waals surface area contributed by atoms with Gasteiger partial charge in [-0.1, -0.05) is 65.2 Å². The maximum atomic E-state index is 14.0. The van der Waals surface area contributed by atoms with Crippen molar-refractivity contribution in [3.05, 3.63) is 42.2 Å². The molecule has 5 nitrogen and oxygen atoms in total. The SMILES string of the molecule is CCCCCCCCCc1cnc(-c2ccc(OCC3CCC(OC(=O)[C@@H](F)CCCCC)CC3)cc2)nc1. The van der Waals surface area contributed by atoms with Gasteiger partial charge in [0.25, 0.3) is 0 Å². The van der Waals surface area contributed by atoms with E-state index in [2.05, 4.69) is 23.8 Å². The van der Waals surface area contributed by atoms with E-state index in [1.807, 2.05) is 36.7 Å². The number of aromatic nitrogens is 2. The number of carbonyl (C=O) groups excluding carboxylic acids is 1. The first kappa shape index (κ1) is 31.0. The van der Waals surface area contributed by atoms with Crippen LogP contribution < -0.4 is 4.74 Å². The molecule has 0 amide bonds. The van der Waals surface area contributed by atoms with E-state index in [4.69, 9.17) is 9.47 Å². The number of nitrogens with zero attached hydrogens (tertiary/aromatic N) is 2. The Balaban J connectivity index is 1.32. The summed E-state index contributed by atoms with van der Waals surface area (Å²) in [6.07, 6.45) is 18.8. The van der Waals surface area contributed by atoms with Crippen LogP contribution in [0, 0.1) is 5.92 Å². The minimum absolute atomic E-state index is 0.167. The van der Waals surface area contributed by atoms with Crippen LogP contribution in [-0.2, 0) is 16.0 Å². The van der Waals surface area contributed by atoms with Crippen molar-refractivity contribution in [1.29, 1.82) is 0 Å². The van der Waals surface area contributed by atoms with E-state index in [1.165, 1.54) is 50.5 Å². The van der Waals surface area contributed by atoms with Crippen molar-refractivity contribution in [2.24, 2.45) is 5.92 Å². The third kappa shape index (κ3) is 11.6. The van der Waals surface area contributed by atoms with E-state index < -0.39 is 12.1 Å². The number of alkyl halides is 1. The summed E-state index contributed by atoms with van der Waals surface area (Å²) in [7, 11) is 0. The Morgan fingerprint density at radius 3 is 2.15 bits per heavy atom. The minimum Gasteiger partial charge on any atom is -0.493 e. The van der Waals surface area contributed by atoms with Gasteiger partial charge in [-0.15, -0.1) is 0 Å². The third-order valence-electron chi connectivity index (χ3n) is 7.77. The van der Waals surface area contributed by atoms with Crippen molar-refractivity contribution in [2.45, 2.75) is 129 Å². The summed E-state index contributed by atoms with van der Waals surface area (Å²) in [6, 6.07) is 7.95. The molecule has 1 aromatic heterocycles. The monoisotopic (exact) mass is 540 g/mol. The molecule has 216 valence electrons. The van der Waals surface area contributed by atoms with Crippen LogP contribution in [-0.4, -0.2) is 34.8 Å². The number of hydrogen-bond acceptors (Lipinski definition) is 5. The number of carbonyl (C=O) groups is 1. The molecule has 0 bridgehead atoms. The number of ether oxygens (including phenoxy) is 2. The van der Waals surface area contributed by atoms with E-state index in [1.54, 1.807) is 0 Å². The van der Waals surface area contributed by atoms with Gasteiger partial charge in [-0.05, 0) is 87.1 Å². The molecule has 2 aromatic rings. The number of esters is 1. The first-order valence-corrected chi connectivity index (χ1v) is 15.5. The molecule has 0 saturated heterocycles. The van der Waals surface area contributed by atoms with Crippen molar-refractivity contribution in [3.63, 3.8) is 0 Å². The second-order valence-corrected chi connectivity index (χ2v) is 11.2. The molecular formula is C33H49FN2O3. The quantitative estimate of drug-likeness (QED) is 0.140. The molecule has 1 aliphatic carbocycles. The van der Waals surface area contributed by atoms with Crippen LogP contribution in [0.1, 0.15) is 116 Å². The molecule has 1 saturated carbocycles. The highest BCUT2D eigenvalue weighted by atomic mass is 19.1. The topological polar surface area (TPSA) is 61.3 Å². The standard InChI is InChI=1S/C33H49FN2O3/c1-3-5-7-8-9-10-12-13-27-23-35-32(36-24-27)28-17-21-29(22-18-28)38-25-26-15-19-30(20-16-26)39-33(37)31(34)14-11-6-4-2/h17-18,21-24,26,30-31H,3-16,19-20,25H2,1-2H3/t26?,30?,31-/m0/s1. The number of hydrogen-bond donors (Lipinski definition) is 0. The predicted octanol–water partition coefficient (Wildman–Crippen LogP) is 8.84. The number of rotatable bonds is 18. The van der Waals surface area contributed by atoms with Crippen LogP contribution in [0.5, 0.6) is 5.75 Å². The predicted molar refractivity (Wildman–Crippen MR) is 156 cm³/mol. The first-order valence-electron chi connectivity index (χ1n) is 15.5. The average Bonchev–Trinajstić information content (AvgIpc) is 2.97. The Kier molecular flexibility index (Phi) is 14.3. The van der Waals surface area contributed by atoms with E-state index in [0.29, 0.717) is 12.5 Å². The lowest BCUT2D eigenvalue weighted by Crippen LogP contribution is -2.30. The Morgan fingerprint density at radius 2 is 1.49 bits per heavy atom. The van der Waals surface area contributed by atoms with Crippen LogP contribution in [0.4, 0.5) is 4.39 Å². The average molecular weight is 541 g/mol. The molecule has 6 heteroatoms. The molecule has 1 fully saturated rings. The maximum absolute atomic E-state index is 14.0. The van der Waals surface area contributed by atoms with Gasteiger partial charge in [-0.3, -0.25) is 0 Å². The maximum Gasteiger partial charge on any atom is 0.340 e. The highest BCUT2D eigenvalue weighted by Gasteiger charge is 2.27. The van der Waals surface area contributed by atoms with Gasteiger partial charge in [0.15, 0.2) is 12.0 Å². The van der Waals surface area contributed by atoms with Crippen molar-refractivity contribution >= 4 is 5.97 Å². The molecule has 0 radical (unpaired) electrons. The highest BCUT2D eigenvalue weighted by Crippen LogP contribution is 2.28. The molecular weight excluding hydrogens is 491 g/mol. The van der Waals surface area contributed by atoms with Crippen LogP contribution in [0.3, 0.4) is 0 Å². The number of aryl methyl sites for hydroxylation is 1. The summed E-state index contributed by atoms with van der Waals surface area (Å²) >= 11 is 0. The van der Waals surface area contributed by atoms with Crippen LogP contribution >= 0.6 is 0 Å². The van der Waals surface area contributed by atoms with E-state index in [9.17, 15) is 9.18 Å². The molecule has 1 aliphatic rings. The van der Waals surface area contributed by atoms with Gasteiger partial charge in [0.1, 0.15) is 11.9 Å². The largest absolute Gasteiger partial charge is 0.493 e. The highest BCUT2D eigenvalue weighted by molar-refractivity contribution is 5.74. The van der Waals surface area contributed by atoms with E-state index in [0.717, 1.165) is 68.5 Å². The van der Waals surface area contributed by atoms with Crippen LogP contribution in [0.25, 0.3) is 11.4 Å².